The van der Waals surface area contributed by atoms with E-state index >= 15 is 0 Å². The van der Waals surface area contributed by atoms with Crippen LogP contribution in [0.5, 0.6) is 17.2 Å². The van der Waals surface area contributed by atoms with Crippen molar-refractivity contribution in [2.45, 2.75) is 26.0 Å². The summed E-state index contributed by atoms with van der Waals surface area (Å²) in [4.78, 5) is 4.68. The van der Waals surface area contributed by atoms with E-state index in [1.54, 1.807) is 14.2 Å². The quantitative estimate of drug-likeness (QED) is 0.349. The van der Waals surface area contributed by atoms with E-state index in [2.05, 4.69) is 21.7 Å². The number of hydrogen-bond acceptors (Lipinski definition) is 4. The molecule has 2 aromatic carbocycles. The molecule has 1 heterocycles. The molecule has 0 aromatic heterocycles. The normalized spacial score (nSPS) is 15.1. The second kappa shape index (κ2) is 11.0. The molecule has 0 spiro atoms. The average molecular weight is 497 g/mol. The third-order valence-electron chi connectivity index (χ3n) is 4.45. The van der Waals surface area contributed by atoms with Crippen LogP contribution in [0.15, 0.2) is 47.5 Å². The van der Waals surface area contributed by atoms with Crippen molar-refractivity contribution in [3.05, 3.63) is 53.6 Å². The number of benzene rings is 2. The number of methoxy groups -OCH3 is 2. The first kappa shape index (κ1) is 22.1. The van der Waals surface area contributed by atoms with Crippen molar-refractivity contribution >= 4 is 29.9 Å². The van der Waals surface area contributed by atoms with Gasteiger partial charge in [-0.3, -0.25) is 0 Å². The van der Waals surface area contributed by atoms with Gasteiger partial charge in [-0.05, 0) is 24.6 Å². The Hall–Kier alpha value is -2.16. The van der Waals surface area contributed by atoms with Crippen LogP contribution in [0, 0.1) is 0 Å². The lowest BCUT2D eigenvalue weighted by Crippen LogP contribution is -2.42. The summed E-state index contributed by atoms with van der Waals surface area (Å²) in [6, 6.07) is 14.0. The van der Waals surface area contributed by atoms with Gasteiger partial charge in [0, 0.05) is 18.5 Å². The third kappa shape index (κ3) is 5.43. The van der Waals surface area contributed by atoms with Crippen LogP contribution in [-0.2, 0) is 13.0 Å². The molecule has 0 radical (unpaired) electrons. The lowest BCUT2D eigenvalue weighted by molar-refractivity contribution is 0.235. The van der Waals surface area contributed by atoms with Crippen LogP contribution in [0.4, 0.5) is 0 Å². The fourth-order valence-electron chi connectivity index (χ4n) is 3.16. The number of ether oxygens (including phenoxy) is 3. The van der Waals surface area contributed by atoms with Gasteiger partial charge in [-0.25, -0.2) is 4.99 Å². The SMILES string of the molecule is CCNC(=NCc1cccc(OC)c1OC)NCC1Cc2ccccc2O1.I. The van der Waals surface area contributed by atoms with Gasteiger partial charge in [0.2, 0.25) is 0 Å². The molecule has 2 N–H and O–H groups in total. The van der Waals surface area contributed by atoms with Crippen LogP contribution in [0.1, 0.15) is 18.1 Å². The Balaban J connectivity index is 0.00000280. The summed E-state index contributed by atoms with van der Waals surface area (Å²) in [6.45, 7) is 4.01. The maximum atomic E-state index is 5.98. The molecule has 28 heavy (non-hydrogen) atoms. The van der Waals surface area contributed by atoms with E-state index in [-0.39, 0.29) is 30.1 Å². The monoisotopic (exact) mass is 497 g/mol. The molecule has 1 aliphatic heterocycles. The van der Waals surface area contributed by atoms with Crippen molar-refractivity contribution in [3.8, 4) is 17.2 Å². The first-order valence-electron chi connectivity index (χ1n) is 9.21. The van der Waals surface area contributed by atoms with E-state index in [0.717, 1.165) is 30.2 Å². The summed E-state index contributed by atoms with van der Waals surface area (Å²) in [6.07, 6.45) is 1.02. The molecule has 3 rings (SSSR count). The molecule has 0 saturated heterocycles. The lowest BCUT2D eigenvalue weighted by Gasteiger charge is -2.16. The highest BCUT2D eigenvalue weighted by Gasteiger charge is 2.22. The molecule has 152 valence electrons. The molecular formula is C21H28IN3O3. The van der Waals surface area contributed by atoms with E-state index in [1.807, 2.05) is 43.3 Å². The summed E-state index contributed by atoms with van der Waals surface area (Å²) in [5, 5.41) is 6.65. The van der Waals surface area contributed by atoms with Gasteiger partial charge in [-0.15, -0.1) is 24.0 Å². The van der Waals surface area contributed by atoms with Crippen LogP contribution >= 0.6 is 24.0 Å². The molecule has 0 saturated carbocycles. The number of para-hydroxylation sites is 2. The fourth-order valence-corrected chi connectivity index (χ4v) is 3.16. The van der Waals surface area contributed by atoms with Crippen molar-refractivity contribution < 1.29 is 14.2 Å². The number of halogens is 1. The lowest BCUT2D eigenvalue weighted by atomic mass is 10.1. The number of guanidine groups is 1. The second-order valence-corrected chi connectivity index (χ2v) is 6.28. The number of nitrogens with one attached hydrogen (secondary N) is 2. The van der Waals surface area contributed by atoms with Crippen molar-refractivity contribution in [1.29, 1.82) is 0 Å². The van der Waals surface area contributed by atoms with Crippen molar-refractivity contribution in [1.82, 2.24) is 10.6 Å². The summed E-state index contributed by atoms with van der Waals surface area (Å²) >= 11 is 0. The van der Waals surface area contributed by atoms with E-state index in [4.69, 9.17) is 14.2 Å². The highest BCUT2D eigenvalue weighted by molar-refractivity contribution is 14.0. The molecule has 1 aliphatic rings. The van der Waals surface area contributed by atoms with E-state index < -0.39 is 0 Å². The number of hydrogen-bond donors (Lipinski definition) is 2. The smallest absolute Gasteiger partial charge is 0.191 e. The van der Waals surface area contributed by atoms with Gasteiger partial charge in [0.05, 0.1) is 27.3 Å². The topological polar surface area (TPSA) is 64.1 Å². The highest BCUT2D eigenvalue weighted by atomic mass is 127. The van der Waals surface area contributed by atoms with E-state index in [1.165, 1.54) is 5.56 Å². The number of nitrogens with zero attached hydrogens (tertiary/aromatic N) is 1. The minimum atomic E-state index is 0. The van der Waals surface area contributed by atoms with Crippen LogP contribution in [0.2, 0.25) is 0 Å². The summed E-state index contributed by atoms with van der Waals surface area (Å²) in [7, 11) is 3.28. The van der Waals surface area contributed by atoms with Gasteiger partial charge in [-0.1, -0.05) is 30.3 Å². The number of rotatable bonds is 7. The average Bonchev–Trinajstić information content (AvgIpc) is 3.12. The molecular weight excluding hydrogens is 469 g/mol. The number of aliphatic imine (C=N–C) groups is 1. The Labute approximate surface area is 183 Å². The largest absolute Gasteiger partial charge is 0.493 e. The molecule has 0 bridgehead atoms. The first-order valence-corrected chi connectivity index (χ1v) is 9.21. The van der Waals surface area contributed by atoms with E-state index in [9.17, 15) is 0 Å². The summed E-state index contributed by atoms with van der Waals surface area (Å²) < 4.78 is 16.8. The molecule has 1 unspecified atom stereocenters. The zero-order chi connectivity index (χ0) is 19.1. The van der Waals surface area contributed by atoms with Crippen LogP contribution in [-0.4, -0.2) is 39.4 Å². The predicted octanol–water partition coefficient (Wildman–Crippen LogP) is 3.38. The zero-order valence-corrected chi connectivity index (χ0v) is 18.9. The Kier molecular flexibility index (Phi) is 8.69. The fraction of sp³-hybridized carbons (Fsp3) is 0.381. The molecule has 1 atom stereocenters. The standard InChI is InChI=1S/C21H27N3O3.HI/c1-4-22-21(23-13-16-9-7-11-19(25-2)20(16)26-3)24-14-17-12-15-8-5-6-10-18(15)27-17;/h5-11,17H,4,12-14H2,1-3H3,(H2,22,23,24);1H. The van der Waals surface area contributed by atoms with Crippen molar-refractivity contribution in [2.75, 3.05) is 27.3 Å². The van der Waals surface area contributed by atoms with Crippen LogP contribution in [0.25, 0.3) is 0 Å². The minimum Gasteiger partial charge on any atom is -0.493 e. The predicted molar refractivity (Wildman–Crippen MR) is 122 cm³/mol. The van der Waals surface area contributed by atoms with Gasteiger partial charge >= 0.3 is 0 Å². The molecule has 6 nitrogen and oxygen atoms in total. The maximum Gasteiger partial charge on any atom is 0.191 e. The molecule has 2 aromatic rings. The molecule has 7 heteroatoms. The summed E-state index contributed by atoms with van der Waals surface area (Å²) in [5.41, 5.74) is 2.23. The molecule has 0 amide bonds. The molecule has 0 aliphatic carbocycles. The van der Waals surface area contributed by atoms with Crippen LogP contribution < -0.4 is 24.8 Å². The molecule has 0 fully saturated rings. The maximum absolute atomic E-state index is 5.98. The van der Waals surface area contributed by atoms with E-state index in [0.29, 0.717) is 24.6 Å². The van der Waals surface area contributed by atoms with Crippen molar-refractivity contribution in [2.24, 2.45) is 4.99 Å². The highest BCUT2D eigenvalue weighted by Crippen LogP contribution is 2.31. The van der Waals surface area contributed by atoms with Gasteiger partial charge in [0.1, 0.15) is 11.9 Å². The second-order valence-electron chi connectivity index (χ2n) is 6.28. The van der Waals surface area contributed by atoms with Gasteiger partial charge < -0.3 is 24.8 Å². The van der Waals surface area contributed by atoms with Gasteiger partial charge in [-0.2, -0.15) is 0 Å². The van der Waals surface area contributed by atoms with Crippen LogP contribution in [0.3, 0.4) is 0 Å². The Morgan fingerprint density at radius 2 is 1.93 bits per heavy atom. The number of fused-ring (bicyclic) bond motifs is 1. The van der Waals surface area contributed by atoms with Crippen molar-refractivity contribution in [3.63, 3.8) is 0 Å². The Morgan fingerprint density at radius 3 is 2.64 bits per heavy atom. The van der Waals surface area contributed by atoms with Gasteiger partial charge in [0.15, 0.2) is 17.5 Å². The Bertz CT molecular complexity index is 773. The third-order valence-corrected chi connectivity index (χ3v) is 4.45. The Morgan fingerprint density at radius 1 is 1.11 bits per heavy atom. The minimum absolute atomic E-state index is 0. The first-order chi connectivity index (χ1) is 13.2. The summed E-state index contributed by atoms with van der Waals surface area (Å²) in [5.74, 6) is 3.16. The zero-order valence-electron chi connectivity index (χ0n) is 16.5. The van der Waals surface area contributed by atoms with Gasteiger partial charge in [0.25, 0.3) is 0 Å².